The minimum atomic E-state index is 0.157. The summed E-state index contributed by atoms with van der Waals surface area (Å²) in [6, 6.07) is 2.16. The zero-order valence-electron chi connectivity index (χ0n) is 11.6. The first-order chi connectivity index (χ1) is 8.19. The van der Waals surface area contributed by atoms with Gasteiger partial charge >= 0.3 is 0 Å². The molecule has 1 heterocycles. The van der Waals surface area contributed by atoms with Crippen LogP contribution in [0.25, 0.3) is 6.08 Å². The first-order valence-electron chi connectivity index (χ1n) is 6.09. The predicted octanol–water partition coefficient (Wildman–Crippen LogP) is 5.70. The first-order valence-corrected chi connectivity index (χ1v) is 8.49. The highest BCUT2D eigenvalue weighted by Gasteiger charge is 2.12. The summed E-state index contributed by atoms with van der Waals surface area (Å²) in [6.45, 7) is 12.0. The van der Waals surface area contributed by atoms with Gasteiger partial charge in [-0.05, 0) is 70.7 Å². The van der Waals surface area contributed by atoms with Gasteiger partial charge in [0.2, 0.25) is 0 Å². The number of hydrogen-bond donors (Lipinski definition) is 1. The molecular formula is C14H21Br2NS. The molecule has 18 heavy (non-hydrogen) atoms. The summed E-state index contributed by atoms with van der Waals surface area (Å²) >= 11 is 8.83. The van der Waals surface area contributed by atoms with Gasteiger partial charge in [0.1, 0.15) is 0 Å². The standard InChI is InChI=1S/C14H21Br2NS/c1-9(2)10(8-17-14(3,4)5)6-11-7-12(15)13(16)18-11/h6-7,9,17H,8H2,1-5H3. The van der Waals surface area contributed by atoms with Crippen LogP contribution in [0.3, 0.4) is 0 Å². The molecular weight excluding hydrogens is 374 g/mol. The van der Waals surface area contributed by atoms with Gasteiger partial charge in [0.05, 0.1) is 3.79 Å². The van der Waals surface area contributed by atoms with E-state index in [2.05, 4.69) is 83.9 Å². The van der Waals surface area contributed by atoms with Crippen molar-refractivity contribution in [1.82, 2.24) is 5.32 Å². The van der Waals surface area contributed by atoms with Crippen molar-refractivity contribution >= 4 is 49.3 Å². The number of halogens is 2. The molecule has 0 aliphatic carbocycles. The molecule has 0 unspecified atom stereocenters. The van der Waals surface area contributed by atoms with Gasteiger partial charge in [0.15, 0.2) is 0 Å². The van der Waals surface area contributed by atoms with E-state index >= 15 is 0 Å². The maximum absolute atomic E-state index is 3.56. The summed E-state index contributed by atoms with van der Waals surface area (Å²) < 4.78 is 2.28. The maximum atomic E-state index is 3.56. The second-order valence-corrected chi connectivity index (χ2v) is 9.00. The molecule has 0 aliphatic rings. The molecule has 0 saturated heterocycles. The van der Waals surface area contributed by atoms with Crippen molar-refractivity contribution in [3.05, 3.63) is 24.8 Å². The number of thiophene rings is 1. The van der Waals surface area contributed by atoms with Crippen LogP contribution in [0.4, 0.5) is 0 Å². The van der Waals surface area contributed by atoms with Crippen LogP contribution in [0, 0.1) is 5.92 Å². The van der Waals surface area contributed by atoms with Crippen molar-refractivity contribution < 1.29 is 0 Å². The molecule has 1 nitrogen and oxygen atoms in total. The van der Waals surface area contributed by atoms with Crippen LogP contribution in [-0.4, -0.2) is 12.1 Å². The zero-order chi connectivity index (χ0) is 13.9. The van der Waals surface area contributed by atoms with Crippen LogP contribution in [-0.2, 0) is 0 Å². The summed E-state index contributed by atoms with van der Waals surface area (Å²) in [5.41, 5.74) is 1.59. The van der Waals surface area contributed by atoms with E-state index in [-0.39, 0.29) is 5.54 Å². The fourth-order valence-corrected chi connectivity index (χ4v) is 3.47. The van der Waals surface area contributed by atoms with Crippen molar-refractivity contribution in [2.24, 2.45) is 5.92 Å². The largest absolute Gasteiger partial charge is 0.308 e. The Morgan fingerprint density at radius 2 is 2.00 bits per heavy atom. The lowest BCUT2D eigenvalue weighted by Crippen LogP contribution is -2.37. The number of nitrogens with one attached hydrogen (secondary N) is 1. The van der Waals surface area contributed by atoms with Crippen LogP contribution in [0.15, 0.2) is 19.9 Å². The third-order valence-corrected chi connectivity index (χ3v) is 5.76. The van der Waals surface area contributed by atoms with E-state index in [0.29, 0.717) is 5.92 Å². The summed E-state index contributed by atoms with van der Waals surface area (Å²) in [7, 11) is 0. The van der Waals surface area contributed by atoms with E-state index in [1.54, 1.807) is 11.3 Å². The summed E-state index contributed by atoms with van der Waals surface area (Å²) in [4.78, 5) is 1.29. The molecule has 1 rings (SSSR count). The Hall–Kier alpha value is 0.360. The molecule has 1 aromatic heterocycles. The van der Waals surface area contributed by atoms with Gasteiger partial charge in [-0.1, -0.05) is 19.4 Å². The minimum Gasteiger partial charge on any atom is -0.308 e. The molecule has 0 fully saturated rings. The fourth-order valence-electron chi connectivity index (χ4n) is 1.41. The number of hydrogen-bond acceptors (Lipinski definition) is 2. The van der Waals surface area contributed by atoms with E-state index in [1.807, 2.05) is 0 Å². The Morgan fingerprint density at radius 3 is 2.39 bits per heavy atom. The SMILES string of the molecule is CC(C)C(=Cc1cc(Br)c(Br)s1)CNC(C)(C)C. The minimum absolute atomic E-state index is 0.157. The fraction of sp³-hybridized carbons (Fsp3) is 0.571. The van der Waals surface area contributed by atoms with E-state index in [9.17, 15) is 0 Å². The lowest BCUT2D eigenvalue weighted by Gasteiger charge is -2.23. The van der Waals surface area contributed by atoms with E-state index in [4.69, 9.17) is 0 Å². The molecule has 0 radical (unpaired) electrons. The van der Waals surface area contributed by atoms with E-state index in [0.717, 1.165) is 14.8 Å². The van der Waals surface area contributed by atoms with E-state index in [1.165, 1.54) is 10.5 Å². The van der Waals surface area contributed by atoms with Gasteiger partial charge in [-0.2, -0.15) is 0 Å². The monoisotopic (exact) mass is 393 g/mol. The van der Waals surface area contributed by atoms with Crippen LogP contribution in [0.5, 0.6) is 0 Å². The van der Waals surface area contributed by atoms with Crippen LogP contribution >= 0.6 is 43.2 Å². The highest BCUT2D eigenvalue weighted by Crippen LogP contribution is 2.34. The lowest BCUT2D eigenvalue weighted by molar-refractivity contribution is 0.437. The molecule has 0 aliphatic heterocycles. The van der Waals surface area contributed by atoms with Gasteiger partial charge in [0, 0.05) is 21.4 Å². The lowest BCUT2D eigenvalue weighted by atomic mass is 10.0. The van der Waals surface area contributed by atoms with Gasteiger partial charge in [-0.3, -0.25) is 0 Å². The molecule has 0 saturated carbocycles. The van der Waals surface area contributed by atoms with Gasteiger partial charge in [-0.15, -0.1) is 11.3 Å². The Morgan fingerprint density at radius 1 is 1.39 bits per heavy atom. The average molecular weight is 395 g/mol. The summed E-state index contributed by atoms with van der Waals surface area (Å²) in [5, 5.41) is 3.56. The molecule has 0 amide bonds. The predicted molar refractivity (Wildman–Crippen MR) is 90.3 cm³/mol. The van der Waals surface area contributed by atoms with Crippen molar-refractivity contribution in [2.75, 3.05) is 6.54 Å². The van der Waals surface area contributed by atoms with Gasteiger partial charge in [-0.25, -0.2) is 0 Å². The molecule has 0 bridgehead atoms. The zero-order valence-corrected chi connectivity index (χ0v) is 15.6. The second kappa shape index (κ2) is 6.69. The first kappa shape index (κ1) is 16.4. The van der Waals surface area contributed by atoms with Crippen LogP contribution in [0.1, 0.15) is 39.5 Å². The van der Waals surface area contributed by atoms with Crippen molar-refractivity contribution in [1.29, 1.82) is 0 Å². The topological polar surface area (TPSA) is 12.0 Å². The molecule has 1 aromatic rings. The Kier molecular flexibility index (Phi) is 6.10. The third-order valence-electron chi connectivity index (χ3n) is 2.56. The molecule has 4 heteroatoms. The number of rotatable bonds is 4. The Labute approximate surface area is 131 Å². The van der Waals surface area contributed by atoms with Crippen LogP contribution in [0.2, 0.25) is 0 Å². The van der Waals surface area contributed by atoms with Gasteiger partial charge < -0.3 is 5.32 Å². The molecule has 1 N–H and O–H groups in total. The van der Waals surface area contributed by atoms with Crippen molar-refractivity contribution in [3.8, 4) is 0 Å². The third kappa shape index (κ3) is 5.55. The Balaban J connectivity index is 2.84. The summed E-state index contributed by atoms with van der Waals surface area (Å²) in [5.74, 6) is 0.555. The van der Waals surface area contributed by atoms with Gasteiger partial charge in [0.25, 0.3) is 0 Å². The smallest absolute Gasteiger partial charge is 0.0846 e. The van der Waals surface area contributed by atoms with Crippen LogP contribution < -0.4 is 5.32 Å². The molecule has 0 spiro atoms. The normalized spacial score (nSPS) is 13.4. The summed E-state index contributed by atoms with van der Waals surface area (Å²) in [6.07, 6.45) is 2.30. The average Bonchev–Trinajstić information content (AvgIpc) is 2.51. The maximum Gasteiger partial charge on any atom is 0.0846 e. The highest BCUT2D eigenvalue weighted by molar-refractivity contribution is 9.13. The molecule has 0 atom stereocenters. The molecule has 0 aromatic carbocycles. The van der Waals surface area contributed by atoms with E-state index < -0.39 is 0 Å². The highest BCUT2D eigenvalue weighted by atomic mass is 79.9. The van der Waals surface area contributed by atoms with Crippen molar-refractivity contribution in [2.45, 2.75) is 40.2 Å². The van der Waals surface area contributed by atoms with Crippen molar-refractivity contribution in [3.63, 3.8) is 0 Å². The molecule has 102 valence electrons. The quantitative estimate of drug-likeness (QED) is 0.690. The Bertz CT molecular complexity index is 408. The second-order valence-electron chi connectivity index (χ2n) is 5.75.